The fourth-order valence-electron chi connectivity index (χ4n) is 0.504. The molecule has 12 heavy (non-hydrogen) atoms. The summed E-state index contributed by atoms with van der Waals surface area (Å²) in [7, 11) is -4.10. The Bertz CT molecular complexity index is 178. The quantitative estimate of drug-likeness (QED) is 0.271. The molecule has 0 spiro atoms. The minimum absolute atomic E-state index is 0. The second kappa shape index (κ2) is 8.43. The SMILES string of the molecule is O=S(=O)([O-])CCCOCCO.[Na+]. The van der Waals surface area contributed by atoms with E-state index in [4.69, 9.17) is 9.84 Å². The Morgan fingerprint density at radius 2 is 1.92 bits per heavy atom. The van der Waals surface area contributed by atoms with Crippen molar-refractivity contribution >= 4 is 10.1 Å². The van der Waals surface area contributed by atoms with Gasteiger partial charge in [0.2, 0.25) is 0 Å². The van der Waals surface area contributed by atoms with Gasteiger partial charge in [0.1, 0.15) is 0 Å². The van der Waals surface area contributed by atoms with Crippen LogP contribution in [-0.4, -0.2) is 43.7 Å². The molecule has 0 aliphatic rings. The molecule has 0 unspecified atom stereocenters. The van der Waals surface area contributed by atoms with E-state index in [0.717, 1.165) is 0 Å². The van der Waals surface area contributed by atoms with E-state index in [2.05, 4.69) is 0 Å². The van der Waals surface area contributed by atoms with Crippen LogP contribution in [0.4, 0.5) is 0 Å². The Balaban J connectivity index is 0. The van der Waals surface area contributed by atoms with Crippen molar-refractivity contribution in [2.75, 3.05) is 25.6 Å². The maximum absolute atomic E-state index is 10.0. The van der Waals surface area contributed by atoms with Crippen LogP contribution in [0.2, 0.25) is 0 Å². The van der Waals surface area contributed by atoms with Gasteiger partial charge in [-0.2, -0.15) is 0 Å². The molecule has 0 heterocycles. The van der Waals surface area contributed by atoms with E-state index in [-0.39, 0.29) is 55.8 Å². The van der Waals surface area contributed by atoms with E-state index in [9.17, 15) is 13.0 Å². The fraction of sp³-hybridized carbons (Fsp3) is 1.00. The van der Waals surface area contributed by atoms with Crippen molar-refractivity contribution in [1.29, 1.82) is 0 Å². The summed E-state index contributed by atoms with van der Waals surface area (Å²) in [5.74, 6) is -0.404. The van der Waals surface area contributed by atoms with Crippen molar-refractivity contribution in [3.05, 3.63) is 0 Å². The van der Waals surface area contributed by atoms with Gasteiger partial charge in [-0.25, -0.2) is 8.42 Å². The normalized spacial score (nSPS) is 10.8. The molecule has 0 aliphatic carbocycles. The van der Waals surface area contributed by atoms with Crippen LogP contribution in [0, 0.1) is 0 Å². The van der Waals surface area contributed by atoms with Crippen molar-refractivity contribution in [2.24, 2.45) is 0 Å². The molecule has 5 nitrogen and oxygen atoms in total. The van der Waals surface area contributed by atoms with Gasteiger partial charge in [0.25, 0.3) is 0 Å². The summed E-state index contributed by atoms with van der Waals surface area (Å²) in [4.78, 5) is 0. The molecule has 1 N–H and O–H groups in total. The maximum atomic E-state index is 10.0. The van der Waals surface area contributed by atoms with Gasteiger partial charge in [-0.05, 0) is 6.42 Å². The molecule has 0 aliphatic heterocycles. The molecular weight excluding hydrogens is 195 g/mol. The predicted molar refractivity (Wildman–Crippen MR) is 37.1 cm³/mol. The van der Waals surface area contributed by atoms with Crippen molar-refractivity contribution in [2.45, 2.75) is 6.42 Å². The third-order valence-electron chi connectivity index (χ3n) is 0.919. The van der Waals surface area contributed by atoms with Crippen LogP contribution in [0.3, 0.4) is 0 Å². The van der Waals surface area contributed by atoms with E-state index in [1.54, 1.807) is 0 Å². The molecule has 0 saturated heterocycles. The van der Waals surface area contributed by atoms with Crippen LogP contribution < -0.4 is 29.6 Å². The third-order valence-corrected chi connectivity index (χ3v) is 1.71. The molecule has 68 valence electrons. The Morgan fingerprint density at radius 3 is 2.33 bits per heavy atom. The van der Waals surface area contributed by atoms with E-state index >= 15 is 0 Å². The van der Waals surface area contributed by atoms with Crippen LogP contribution in [-0.2, 0) is 14.9 Å². The van der Waals surface area contributed by atoms with Crippen LogP contribution in [0.5, 0.6) is 0 Å². The van der Waals surface area contributed by atoms with Crippen LogP contribution in [0.15, 0.2) is 0 Å². The number of hydrogen-bond donors (Lipinski definition) is 1. The average molecular weight is 206 g/mol. The number of aliphatic hydroxyl groups excluding tert-OH is 1. The van der Waals surface area contributed by atoms with E-state index in [1.807, 2.05) is 0 Å². The van der Waals surface area contributed by atoms with E-state index < -0.39 is 15.9 Å². The maximum Gasteiger partial charge on any atom is 1.00 e. The molecule has 0 saturated carbocycles. The molecule has 0 radical (unpaired) electrons. The number of rotatable bonds is 6. The Morgan fingerprint density at radius 1 is 1.33 bits per heavy atom. The molecule has 0 fully saturated rings. The summed E-state index contributed by atoms with van der Waals surface area (Å²) in [5.41, 5.74) is 0. The topological polar surface area (TPSA) is 86.7 Å². The van der Waals surface area contributed by atoms with Gasteiger partial charge in [0.05, 0.1) is 23.3 Å². The van der Waals surface area contributed by atoms with Crippen LogP contribution in [0.1, 0.15) is 6.42 Å². The van der Waals surface area contributed by atoms with Gasteiger partial charge in [0, 0.05) is 12.4 Å². The minimum Gasteiger partial charge on any atom is -0.748 e. The molecule has 0 rings (SSSR count). The summed E-state index contributed by atoms with van der Waals surface area (Å²) in [6.45, 7) is 0.283. The Hall–Kier alpha value is 0.830. The van der Waals surface area contributed by atoms with Crippen molar-refractivity contribution in [3.63, 3.8) is 0 Å². The van der Waals surface area contributed by atoms with Gasteiger partial charge in [0.15, 0.2) is 0 Å². The fourth-order valence-corrected chi connectivity index (χ4v) is 0.976. The monoisotopic (exact) mass is 206 g/mol. The number of aliphatic hydroxyl groups is 1. The molecule has 0 aromatic heterocycles. The standard InChI is InChI=1S/C5H12O5S.Na/c6-2-4-10-3-1-5-11(7,8)9;/h6H,1-5H2,(H,7,8,9);/q;+1/p-1. The van der Waals surface area contributed by atoms with E-state index in [1.165, 1.54) is 0 Å². The zero-order chi connectivity index (χ0) is 8.74. The summed E-state index contributed by atoms with van der Waals surface area (Å²) < 4.78 is 34.7. The first-order valence-corrected chi connectivity index (χ1v) is 4.76. The average Bonchev–Trinajstić information content (AvgIpc) is 1.85. The summed E-state index contributed by atoms with van der Waals surface area (Å²) in [6, 6.07) is 0. The Kier molecular flexibility index (Phi) is 10.8. The zero-order valence-electron chi connectivity index (χ0n) is 7.02. The molecule has 0 bridgehead atoms. The zero-order valence-corrected chi connectivity index (χ0v) is 9.84. The molecule has 0 amide bonds. The largest absolute Gasteiger partial charge is 1.00 e. The van der Waals surface area contributed by atoms with Crippen molar-refractivity contribution in [3.8, 4) is 0 Å². The first-order valence-electron chi connectivity index (χ1n) is 3.18. The molecule has 0 aromatic rings. The van der Waals surface area contributed by atoms with Crippen molar-refractivity contribution in [1.82, 2.24) is 0 Å². The Labute approximate surface area is 94.1 Å². The van der Waals surface area contributed by atoms with Gasteiger partial charge in [-0.15, -0.1) is 0 Å². The molecular formula is C5H11NaO5S. The van der Waals surface area contributed by atoms with Gasteiger partial charge in [-0.1, -0.05) is 0 Å². The molecule has 0 atom stereocenters. The number of hydrogen-bond acceptors (Lipinski definition) is 5. The number of ether oxygens (including phenoxy) is 1. The summed E-state index contributed by atoms with van der Waals surface area (Å²) >= 11 is 0. The first-order chi connectivity index (χ1) is 5.06. The van der Waals surface area contributed by atoms with Crippen molar-refractivity contribution < 1.29 is 52.4 Å². The smallest absolute Gasteiger partial charge is 0.748 e. The minimum atomic E-state index is -4.10. The van der Waals surface area contributed by atoms with Gasteiger partial charge in [-0.3, -0.25) is 0 Å². The predicted octanol–water partition coefficient (Wildman–Crippen LogP) is -4.07. The van der Waals surface area contributed by atoms with Crippen LogP contribution in [0.25, 0.3) is 0 Å². The van der Waals surface area contributed by atoms with Gasteiger partial charge < -0.3 is 14.4 Å². The summed E-state index contributed by atoms with van der Waals surface area (Å²) in [6.07, 6.45) is 0.186. The second-order valence-corrected chi connectivity index (χ2v) is 3.47. The van der Waals surface area contributed by atoms with E-state index in [0.29, 0.717) is 0 Å². The molecule has 7 heteroatoms. The van der Waals surface area contributed by atoms with Crippen LogP contribution >= 0.6 is 0 Å². The van der Waals surface area contributed by atoms with Gasteiger partial charge >= 0.3 is 29.6 Å². The molecule has 0 aromatic carbocycles. The summed E-state index contributed by atoms with van der Waals surface area (Å²) in [5, 5.41) is 8.22. The third kappa shape index (κ3) is 13.4. The first kappa shape index (κ1) is 15.3. The second-order valence-electron chi connectivity index (χ2n) is 1.95.